The number of hydrazone groups is 1. The lowest BCUT2D eigenvalue weighted by molar-refractivity contribution is 0.0734. The van der Waals surface area contributed by atoms with Crippen LogP contribution in [0.3, 0.4) is 0 Å². The molecule has 0 bridgehead atoms. The first-order valence-electron chi connectivity index (χ1n) is 8.29. The van der Waals surface area contributed by atoms with E-state index in [4.69, 9.17) is 27.9 Å². The SMILES string of the molecule is O=C(N/N=C\c1cc(Cl)c(OC(=O)c2ccccc2)c(Cl)c1)c1cccc(I)c1. The van der Waals surface area contributed by atoms with Crippen LogP contribution < -0.4 is 10.2 Å². The van der Waals surface area contributed by atoms with E-state index in [0.717, 1.165) is 3.57 Å². The van der Waals surface area contributed by atoms with Crippen LogP contribution >= 0.6 is 45.8 Å². The van der Waals surface area contributed by atoms with E-state index in [1.165, 1.54) is 18.3 Å². The van der Waals surface area contributed by atoms with Crippen molar-refractivity contribution in [1.29, 1.82) is 0 Å². The Balaban J connectivity index is 1.69. The lowest BCUT2D eigenvalue weighted by Gasteiger charge is -2.09. The number of carbonyl (C=O) groups is 2. The van der Waals surface area contributed by atoms with Gasteiger partial charge in [0.15, 0.2) is 5.75 Å². The van der Waals surface area contributed by atoms with Gasteiger partial charge >= 0.3 is 5.97 Å². The Kier molecular flexibility index (Phi) is 7.24. The summed E-state index contributed by atoms with van der Waals surface area (Å²) in [6, 6.07) is 18.7. The van der Waals surface area contributed by atoms with Crippen LogP contribution in [0.15, 0.2) is 71.8 Å². The molecule has 0 aliphatic rings. The summed E-state index contributed by atoms with van der Waals surface area (Å²) in [5, 5.41) is 4.21. The van der Waals surface area contributed by atoms with Gasteiger partial charge in [0.1, 0.15) is 0 Å². The van der Waals surface area contributed by atoms with E-state index in [0.29, 0.717) is 16.7 Å². The highest BCUT2D eigenvalue weighted by atomic mass is 127. The van der Waals surface area contributed by atoms with Gasteiger partial charge in [-0.1, -0.05) is 47.5 Å². The van der Waals surface area contributed by atoms with E-state index in [1.807, 2.05) is 6.07 Å². The van der Waals surface area contributed by atoms with Gasteiger partial charge in [-0.3, -0.25) is 4.79 Å². The van der Waals surface area contributed by atoms with Gasteiger partial charge in [0.05, 0.1) is 21.8 Å². The third-order valence-corrected chi connectivity index (χ3v) is 4.92. The van der Waals surface area contributed by atoms with Gasteiger partial charge in [-0.05, 0) is 70.6 Å². The number of hydrogen-bond donors (Lipinski definition) is 1. The van der Waals surface area contributed by atoms with Crippen LogP contribution in [0.4, 0.5) is 0 Å². The van der Waals surface area contributed by atoms with Gasteiger partial charge in [-0.2, -0.15) is 5.10 Å². The number of hydrogen-bond acceptors (Lipinski definition) is 4. The second-order valence-corrected chi connectivity index (χ2v) is 7.84. The Hall–Kier alpha value is -2.42. The number of nitrogens with zero attached hydrogens (tertiary/aromatic N) is 1. The average molecular weight is 539 g/mol. The van der Waals surface area contributed by atoms with Crippen molar-refractivity contribution in [3.05, 3.63) is 97.0 Å². The zero-order valence-corrected chi connectivity index (χ0v) is 18.4. The first-order chi connectivity index (χ1) is 13.9. The number of amides is 1. The molecule has 1 N–H and O–H groups in total. The predicted octanol–water partition coefficient (Wildman–Crippen LogP) is 5.58. The van der Waals surface area contributed by atoms with Gasteiger partial charge in [-0.15, -0.1) is 0 Å². The Morgan fingerprint density at radius 1 is 0.931 bits per heavy atom. The first-order valence-corrected chi connectivity index (χ1v) is 10.1. The van der Waals surface area contributed by atoms with Crippen molar-refractivity contribution in [2.24, 2.45) is 5.10 Å². The minimum Gasteiger partial charge on any atom is -0.420 e. The molecule has 0 saturated heterocycles. The van der Waals surface area contributed by atoms with Crippen molar-refractivity contribution in [3.8, 4) is 5.75 Å². The van der Waals surface area contributed by atoms with Gasteiger partial charge in [0, 0.05) is 9.13 Å². The second-order valence-electron chi connectivity index (χ2n) is 5.78. The molecule has 146 valence electrons. The lowest BCUT2D eigenvalue weighted by atomic mass is 10.2. The predicted molar refractivity (Wildman–Crippen MR) is 122 cm³/mol. The van der Waals surface area contributed by atoms with Gasteiger partial charge < -0.3 is 4.74 Å². The highest BCUT2D eigenvalue weighted by Gasteiger charge is 2.15. The van der Waals surface area contributed by atoms with Crippen LogP contribution in [-0.2, 0) is 0 Å². The molecule has 3 aromatic rings. The molecule has 0 aromatic heterocycles. The maximum atomic E-state index is 12.2. The van der Waals surface area contributed by atoms with E-state index in [9.17, 15) is 9.59 Å². The fourth-order valence-electron chi connectivity index (χ4n) is 2.34. The van der Waals surface area contributed by atoms with Gasteiger partial charge in [-0.25, -0.2) is 10.2 Å². The Bertz CT molecular complexity index is 1070. The molecule has 0 spiro atoms. The summed E-state index contributed by atoms with van der Waals surface area (Å²) in [6.07, 6.45) is 1.40. The quantitative estimate of drug-likeness (QED) is 0.151. The third kappa shape index (κ3) is 5.79. The molecule has 8 heteroatoms. The minimum atomic E-state index is -0.569. The Labute approximate surface area is 190 Å². The van der Waals surface area contributed by atoms with E-state index < -0.39 is 5.97 Å². The third-order valence-electron chi connectivity index (χ3n) is 3.69. The molecule has 0 atom stereocenters. The highest BCUT2D eigenvalue weighted by molar-refractivity contribution is 14.1. The summed E-state index contributed by atoms with van der Waals surface area (Å²) in [7, 11) is 0. The van der Waals surface area contributed by atoms with Crippen molar-refractivity contribution >= 4 is 63.9 Å². The molecule has 3 rings (SSSR count). The molecule has 29 heavy (non-hydrogen) atoms. The van der Waals surface area contributed by atoms with Crippen molar-refractivity contribution in [2.75, 3.05) is 0 Å². The molecule has 0 aliphatic carbocycles. The zero-order chi connectivity index (χ0) is 20.8. The summed E-state index contributed by atoms with van der Waals surface area (Å²) in [4.78, 5) is 24.3. The number of carbonyl (C=O) groups excluding carboxylic acids is 2. The molecule has 5 nitrogen and oxygen atoms in total. The van der Waals surface area contributed by atoms with Crippen molar-refractivity contribution in [2.45, 2.75) is 0 Å². The fraction of sp³-hybridized carbons (Fsp3) is 0. The zero-order valence-electron chi connectivity index (χ0n) is 14.7. The second kappa shape index (κ2) is 9.87. The van der Waals surface area contributed by atoms with Crippen LogP contribution in [0.25, 0.3) is 0 Å². The summed E-state index contributed by atoms with van der Waals surface area (Å²) >= 11 is 14.5. The van der Waals surface area contributed by atoms with E-state index in [1.54, 1.807) is 48.5 Å². The Morgan fingerprint density at radius 3 is 2.24 bits per heavy atom. The monoisotopic (exact) mass is 538 g/mol. The maximum absolute atomic E-state index is 12.2. The number of halogens is 3. The number of benzene rings is 3. The normalized spacial score (nSPS) is 10.7. The smallest absolute Gasteiger partial charge is 0.343 e. The van der Waals surface area contributed by atoms with Crippen molar-refractivity contribution in [3.63, 3.8) is 0 Å². The molecule has 0 heterocycles. The maximum Gasteiger partial charge on any atom is 0.343 e. The molecule has 0 aliphatic heterocycles. The van der Waals surface area contributed by atoms with E-state index in [-0.39, 0.29) is 21.7 Å². The van der Waals surface area contributed by atoms with E-state index >= 15 is 0 Å². The van der Waals surface area contributed by atoms with Crippen molar-refractivity contribution < 1.29 is 14.3 Å². The van der Waals surface area contributed by atoms with Crippen LogP contribution in [0.2, 0.25) is 10.0 Å². The molecule has 0 radical (unpaired) electrons. The fourth-order valence-corrected chi connectivity index (χ4v) is 3.46. The number of esters is 1. The minimum absolute atomic E-state index is 0.0576. The highest BCUT2D eigenvalue weighted by Crippen LogP contribution is 2.34. The van der Waals surface area contributed by atoms with Crippen molar-refractivity contribution in [1.82, 2.24) is 5.43 Å². The lowest BCUT2D eigenvalue weighted by Crippen LogP contribution is -2.17. The molecule has 0 saturated carbocycles. The van der Waals surface area contributed by atoms with Crippen LogP contribution in [0.5, 0.6) is 5.75 Å². The number of ether oxygens (including phenoxy) is 1. The number of rotatable bonds is 5. The van der Waals surface area contributed by atoms with E-state index in [2.05, 4.69) is 33.1 Å². The van der Waals surface area contributed by atoms with Crippen LogP contribution in [-0.4, -0.2) is 18.1 Å². The Morgan fingerprint density at radius 2 is 1.59 bits per heavy atom. The average Bonchev–Trinajstić information content (AvgIpc) is 2.71. The molecule has 1 amide bonds. The summed E-state index contributed by atoms with van der Waals surface area (Å²) in [5.74, 6) is -0.854. The summed E-state index contributed by atoms with van der Waals surface area (Å²) in [5.41, 5.74) is 3.84. The van der Waals surface area contributed by atoms with Crippen LogP contribution in [0.1, 0.15) is 26.3 Å². The van der Waals surface area contributed by atoms with Crippen LogP contribution in [0, 0.1) is 3.57 Å². The summed E-state index contributed by atoms with van der Waals surface area (Å²) in [6.45, 7) is 0. The van der Waals surface area contributed by atoms with Gasteiger partial charge in [0.25, 0.3) is 5.91 Å². The first kappa shape index (κ1) is 21.3. The molecular formula is C21H13Cl2IN2O3. The molecular weight excluding hydrogens is 526 g/mol. The number of nitrogens with one attached hydrogen (secondary N) is 1. The topological polar surface area (TPSA) is 67.8 Å². The summed E-state index contributed by atoms with van der Waals surface area (Å²) < 4.78 is 6.25. The standard InChI is InChI=1S/C21H13Cl2IN2O3/c22-17-9-13(12-25-26-20(27)15-7-4-8-16(24)11-15)10-18(23)19(17)29-21(28)14-5-2-1-3-6-14/h1-12H,(H,26,27)/b25-12-. The van der Waals surface area contributed by atoms with Gasteiger partial charge in [0.2, 0.25) is 0 Å². The molecule has 0 unspecified atom stereocenters. The largest absolute Gasteiger partial charge is 0.420 e. The molecule has 3 aromatic carbocycles. The molecule has 0 fully saturated rings.